The maximum Gasteiger partial charge on any atom is 0.204 e. The van der Waals surface area contributed by atoms with Gasteiger partial charge in [-0.25, -0.2) is 14.6 Å². The number of fused-ring (bicyclic) bond motifs is 1. The molecule has 0 spiro atoms. The Hall–Kier alpha value is -3.14. The fourth-order valence-corrected chi connectivity index (χ4v) is 1.78. The van der Waals surface area contributed by atoms with Crippen LogP contribution in [0.1, 0.15) is 5.69 Å². The Kier molecular flexibility index (Phi) is 2.29. The summed E-state index contributed by atoms with van der Waals surface area (Å²) in [7, 11) is 0. The minimum absolute atomic E-state index is 0.0480. The average molecular weight is 251 g/mol. The zero-order valence-electron chi connectivity index (χ0n) is 9.78. The lowest BCUT2D eigenvalue weighted by Gasteiger charge is -2.01. The summed E-state index contributed by atoms with van der Waals surface area (Å²) in [6, 6.07) is 11.2. The number of nitrogens with two attached hydrogens (primary N) is 2. The normalized spacial score (nSPS) is 10.5. The van der Waals surface area contributed by atoms with Gasteiger partial charge in [0, 0.05) is 0 Å². The van der Waals surface area contributed by atoms with Crippen LogP contribution in [0.2, 0.25) is 0 Å². The number of nitrogen functional groups attached to an aromatic ring is 2. The highest BCUT2D eigenvalue weighted by Crippen LogP contribution is 2.22. The first kappa shape index (κ1) is 11.0. The van der Waals surface area contributed by atoms with E-state index in [9.17, 15) is 0 Å². The third-order valence-corrected chi connectivity index (χ3v) is 2.68. The van der Waals surface area contributed by atoms with Crippen molar-refractivity contribution in [2.45, 2.75) is 0 Å². The molecule has 2 aromatic heterocycles. The van der Waals surface area contributed by atoms with E-state index < -0.39 is 0 Å². The molecule has 0 atom stereocenters. The second kappa shape index (κ2) is 3.96. The number of nitrogens with zero attached hydrogens (tertiary/aromatic N) is 5. The van der Waals surface area contributed by atoms with Gasteiger partial charge in [0.05, 0.1) is 5.69 Å². The Labute approximate surface area is 108 Å². The smallest absolute Gasteiger partial charge is 0.204 e. The van der Waals surface area contributed by atoms with E-state index in [4.69, 9.17) is 16.7 Å². The van der Waals surface area contributed by atoms with Crippen molar-refractivity contribution in [2.24, 2.45) is 0 Å². The predicted molar refractivity (Wildman–Crippen MR) is 70.2 cm³/mol. The van der Waals surface area contributed by atoms with Gasteiger partial charge in [0.25, 0.3) is 0 Å². The topological polar surface area (TPSA) is 119 Å². The van der Waals surface area contributed by atoms with E-state index in [2.05, 4.69) is 15.1 Å². The van der Waals surface area contributed by atoms with Gasteiger partial charge in [-0.15, -0.1) is 5.10 Å². The molecule has 0 radical (unpaired) electrons. The molecule has 19 heavy (non-hydrogen) atoms. The standard InChI is InChI=1S/C12H9N7/c13-6-8-10(14)17-12-9(16-8)11(15)19(18-12)7-4-2-1-3-5-7/h1-5H,15H2,(H2,14,17,18). The molecule has 0 saturated carbocycles. The summed E-state index contributed by atoms with van der Waals surface area (Å²) in [6.45, 7) is 0. The average Bonchev–Trinajstić information content (AvgIpc) is 2.75. The number of benzene rings is 1. The zero-order chi connectivity index (χ0) is 13.4. The fraction of sp³-hybridized carbons (Fsp3) is 0. The highest BCUT2D eigenvalue weighted by Gasteiger charge is 2.15. The lowest BCUT2D eigenvalue weighted by atomic mass is 10.3. The van der Waals surface area contributed by atoms with Crippen molar-refractivity contribution < 1.29 is 0 Å². The number of para-hydroxylation sites is 1. The van der Waals surface area contributed by atoms with Crippen LogP contribution in [0.15, 0.2) is 30.3 Å². The molecule has 0 aliphatic carbocycles. The maximum absolute atomic E-state index is 8.89. The summed E-state index contributed by atoms with van der Waals surface area (Å²) in [5.41, 5.74) is 13.1. The molecule has 7 nitrogen and oxygen atoms in total. The number of aromatic nitrogens is 4. The van der Waals surface area contributed by atoms with Crippen molar-refractivity contribution in [2.75, 3.05) is 11.5 Å². The minimum Gasteiger partial charge on any atom is -0.382 e. The molecule has 3 aromatic rings. The molecule has 0 aliphatic rings. The third kappa shape index (κ3) is 1.63. The second-order valence-corrected chi connectivity index (χ2v) is 3.87. The van der Waals surface area contributed by atoms with Gasteiger partial charge in [0.2, 0.25) is 5.65 Å². The number of hydrogen-bond donors (Lipinski definition) is 2. The van der Waals surface area contributed by atoms with Crippen LogP contribution >= 0.6 is 0 Å². The van der Waals surface area contributed by atoms with E-state index in [0.717, 1.165) is 5.69 Å². The number of nitriles is 1. The zero-order valence-corrected chi connectivity index (χ0v) is 9.78. The monoisotopic (exact) mass is 251 g/mol. The van der Waals surface area contributed by atoms with Crippen LogP contribution in [0.4, 0.5) is 11.6 Å². The summed E-state index contributed by atoms with van der Waals surface area (Å²) < 4.78 is 1.52. The molecule has 0 aliphatic heterocycles. The Bertz CT molecular complexity index is 798. The number of rotatable bonds is 1. The first-order valence-corrected chi connectivity index (χ1v) is 5.48. The number of anilines is 2. The van der Waals surface area contributed by atoms with Gasteiger partial charge in [-0.3, -0.25) is 0 Å². The van der Waals surface area contributed by atoms with Gasteiger partial charge in [-0.1, -0.05) is 18.2 Å². The summed E-state index contributed by atoms with van der Waals surface area (Å²) in [5, 5.41) is 13.1. The largest absolute Gasteiger partial charge is 0.382 e. The van der Waals surface area contributed by atoms with E-state index in [1.165, 1.54) is 4.68 Å². The van der Waals surface area contributed by atoms with Crippen LogP contribution in [0.25, 0.3) is 16.9 Å². The summed E-state index contributed by atoms with van der Waals surface area (Å²) >= 11 is 0. The van der Waals surface area contributed by atoms with Crippen LogP contribution in [0, 0.1) is 11.3 Å². The van der Waals surface area contributed by atoms with Crippen molar-refractivity contribution in [1.29, 1.82) is 5.26 Å². The van der Waals surface area contributed by atoms with Crippen LogP contribution in [-0.4, -0.2) is 19.7 Å². The van der Waals surface area contributed by atoms with Crippen molar-refractivity contribution >= 4 is 22.8 Å². The number of hydrogen-bond acceptors (Lipinski definition) is 6. The lowest BCUT2D eigenvalue weighted by molar-refractivity contribution is 0.901. The molecule has 0 amide bonds. The molecule has 0 saturated heterocycles. The van der Waals surface area contributed by atoms with Crippen molar-refractivity contribution in [1.82, 2.24) is 19.7 Å². The van der Waals surface area contributed by atoms with Gasteiger partial charge in [0.15, 0.2) is 22.8 Å². The van der Waals surface area contributed by atoms with E-state index >= 15 is 0 Å². The molecule has 4 N–H and O–H groups in total. The Morgan fingerprint density at radius 3 is 2.53 bits per heavy atom. The summed E-state index contributed by atoms with van der Waals surface area (Å²) in [4.78, 5) is 8.12. The van der Waals surface area contributed by atoms with Crippen molar-refractivity contribution in [3.63, 3.8) is 0 Å². The molecular weight excluding hydrogens is 242 g/mol. The summed E-state index contributed by atoms with van der Waals surface area (Å²) in [6.07, 6.45) is 0. The quantitative estimate of drug-likeness (QED) is 0.661. The van der Waals surface area contributed by atoms with Gasteiger partial charge in [-0.2, -0.15) is 5.26 Å². The second-order valence-electron chi connectivity index (χ2n) is 3.87. The molecule has 0 unspecified atom stereocenters. The molecule has 0 fully saturated rings. The Balaban J connectivity index is 2.30. The molecular formula is C12H9N7. The van der Waals surface area contributed by atoms with Crippen LogP contribution in [0.3, 0.4) is 0 Å². The molecule has 2 heterocycles. The Morgan fingerprint density at radius 2 is 1.84 bits per heavy atom. The van der Waals surface area contributed by atoms with E-state index in [1.807, 2.05) is 36.4 Å². The minimum atomic E-state index is 0.0480. The molecule has 1 aromatic carbocycles. The Morgan fingerprint density at radius 1 is 1.11 bits per heavy atom. The fourth-order valence-electron chi connectivity index (χ4n) is 1.78. The predicted octanol–water partition coefficient (Wildman–Crippen LogP) is 0.852. The van der Waals surface area contributed by atoms with Crippen molar-refractivity contribution in [3.8, 4) is 11.8 Å². The van der Waals surface area contributed by atoms with Crippen LogP contribution in [0.5, 0.6) is 0 Å². The van der Waals surface area contributed by atoms with Gasteiger partial charge in [-0.05, 0) is 12.1 Å². The molecule has 7 heteroatoms. The first-order valence-electron chi connectivity index (χ1n) is 5.48. The SMILES string of the molecule is N#Cc1nc2c(N)n(-c3ccccc3)nc2nc1N. The van der Waals surface area contributed by atoms with Crippen LogP contribution < -0.4 is 11.5 Å². The highest BCUT2D eigenvalue weighted by molar-refractivity contribution is 5.84. The highest BCUT2D eigenvalue weighted by atomic mass is 15.3. The summed E-state index contributed by atoms with van der Waals surface area (Å²) in [5.74, 6) is 0.373. The van der Waals surface area contributed by atoms with E-state index in [0.29, 0.717) is 17.0 Å². The molecule has 0 bridgehead atoms. The van der Waals surface area contributed by atoms with Crippen molar-refractivity contribution in [3.05, 3.63) is 36.0 Å². The molecule has 92 valence electrons. The lowest BCUT2D eigenvalue weighted by Crippen LogP contribution is -2.01. The molecule has 3 rings (SSSR count). The maximum atomic E-state index is 8.89. The van der Waals surface area contributed by atoms with E-state index in [1.54, 1.807) is 0 Å². The van der Waals surface area contributed by atoms with Gasteiger partial charge in [0.1, 0.15) is 6.07 Å². The van der Waals surface area contributed by atoms with Gasteiger partial charge < -0.3 is 11.5 Å². The van der Waals surface area contributed by atoms with Gasteiger partial charge >= 0.3 is 0 Å². The third-order valence-electron chi connectivity index (χ3n) is 2.68. The van der Waals surface area contributed by atoms with E-state index in [-0.39, 0.29) is 11.5 Å². The first-order chi connectivity index (χ1) is 9.20. The van der Waals surface area contributed by atoms with Crippen LogP contribution in [-0.2, 0) is 0 Å².